The van der Waals surface area contributed by atoms with Crippen molar-refractivity contribution in [1.29, 1.82) is 0 Å². The molecular weight excluding hydrogens is 393 g/mol. The molecule has 29 heavy (non-hydrogen) atoms. The SMILES string of the molecule is Cc1ccc(O[C@@H](C)C(=O)N(Cc2ccccc2F)[C@@H]2CCS(=O)(=O)C2)cc1C. The molecule has 2 aromatic rings. The van der Waals surface area contributed by atoms with E-state index in [9.17, 15) is 17.6 Å². The van der Waals surface area contributed by atoms with Crippen molar-refractivity contribution in [3.05, 3.63) is 65.0 Å². The maximum Gasteiger partial charge on any atom is 0.263 e. The summed E-state index contributed by atoms with van der Waals surface area (Å²) in [6.07, 6.45) is -0.481. The second kappa shape index (κ2) is 8.53. The normalized spacial score (nSPS) is 19.0. The Kier molecular flexibility index (Phi) is 6.27. The number of hydrogen-bond acceptors (Lipinski definition) is 4. The Balaban J connectivity index is 1.82. The van der Waals surface area contributed by atoms with Crippen LogP contribution in [-0.2, 0) is 21.2 Å². The Morgan fingerprint density at radius 3 is 2.55 bits per heavy atom. The summed E-state index contributed by atoms with van der Waals surface area (Å²) >= 11 is 0. The molecule has 156 valence electrons. The summed E-state index contributed by atoms with van der Waals surface area (Å²) in [7, 11) is -3.20. The lowest BCUT2D eigenvalue weighted by Gasteiger charge is -2.31. The molecule has 2 aromatic carbocycles. The molecule has 2 atom stereocenters. The maximum atomic E-state index is 14.2. The molecule has 0 N–H and O–H groups in total. The Morgan fingerprint density at radius 2 is 1.93 bits per heavy atom. The van der Waals surface area contributed by atoms with Gasteiger partial charge in [-0.25, -0.2) is 12.8 Å². The van der Waals surface area contributed by atoms with Gasteiger partial charge in [0.2, 0.25) is 0 Å². The number of aryl methyl sites for hydroxylation is 2. The zero-order valence-corrected chi connectivity index (χ0v) is 17.7. The number of halogens is 1. The highest BCUT2D eigenvalue weighted by Gasteiger charge is 2.37. The number of nitrogens with zero attached hydrogens (tertiary/aromatic N) is 1. The van der Waals surface area contributed by atoms with E-state index >= 15 is 0 Å². The summed E-state index contributed by atoms with van der Waals surface area (Å²) in [5, 5.41) is 0. The van der Waals surface area contributed by atoms with Crippen molar-refractivity contribution in [1.82, 2.24) is 4.90 Å². The highest BCUT2D eigenvalue weighted by Crippen LogP contribution is 2.24. The molecule has 0 aliphatic carbocycles. The second-order valence-corrected chi connectivity index (χ2v) is 9.85. The molecule has 1 aliphatic rings. The van der Waals surface area contributed by atoms with Gasteiger partial charge >= 0.3 is 0 Å². The molecule has 7 heteroatoms. The number of rotatable bonds is 6. The number of amides is 1. The Hall–Kier alpha value is -2.41. The Labute approximate surface area is 171 Å². The zero-order valence-electron chi connectivity index (χ0n) is 16.9. The minimum absolute atomic E-state index is 0.00627. The summed E-state index contributed by atoms with van der Waals surface area (Å²) in [6.45, 7) is 5.59. The van der Waals surface area contributed by atoms with Gasteiger partial charge in [-0.3, -0.25) is 4.79 Å². The topological polar surface area (TPSA) is 63.7 Å². The molecular formula is C22H26FNO4S. The molecule has 1 fully saturated rings. The van der Waals surface area contributed by atoms with Crippen LogP contribution in [0.2, 0.25) is 0 Å². The van der Waals surface area contributed by atoms with Crippen LogP contribution in [-0.4, -0.2) is 42.9 Å². The third-order valence-corrected chi connectivity index (χ3v) is 7.12. The molecule has 0 unspecified atom stereocenters. The van der Waals surface area contributed by atoms with Gasteiger partial charge < -0.3 is 9.64 Å². The third kappa shape index (κ3) is 5.15. The fourth-order valence-corrected chi connectivity index (χ4v) is 5.22. The quantitative estimate of drug-likeness (QED) is 0.720. The van der Waals surface area contributed by atoms with Crippen LogP contribution in [0.3, 0.4) is 0 Å². The van der Waals surface area contributed by atoms with E-state index < -0.39 is 27.8 Å². The first kappa shape index (κ1) is 21.3. The van der Waals surface area contributed by atoms with Crippen LogP contribution in [0.4, 0.5) is 4.39 Å². The summed E-state index contributed by atoms with van der Waals surface area (Å²) in [4.78, 5) is 14.6. The largest absolute Gasteiger partial charge is 0.481 e. The van der Waals surface area contributed by atoms with Crippen molar-refractivity contribution < 1.29 is 22.3 Å². The van der Waals surface area contributed by atoms with Gasteiger partial charge in [-0.05, 0) is 56.5 Å². The predicted molar refractivity (Wildman–Crippen MR) is 110 cm³/mol. The van der Waals surface area contributed by atoms with E-state index in [2.05, 4.69) is 0 Å². The molecule has 0 bridgehead atoms. The van der Waals surface area contributed by atoms with Crippen LogP contribution in [0, 0.1) is 19.7 Å². The van der Waals surface area contributed by atoms with Gasteiger partial charge in [0, 0.05) is 18.2 Å². The van der Waals surface area contributed by atoms with Crippen molar-refractivity contribution >= 4 is 15.7 Å². The third-order valence-electron chi connectivity index (χ3n) is 5.37. The zero-order chi connectivity index (χ0) is 21.2. The van der Waals surface area contributed by atoms with Gasteiger partial charge in [0.15, 0.2) is 15.9 Å². The van der Waals surface area contributed by atoms with Crippen LogP contribution >= 0.6 is 0 Å². The van der Waals surface area contributed by atoms with Crippen LogP contribution < -0.4 is 4.74 Å². The average molecular weight is 420 g/mol. The van der Waals surface area contributed by atoms with Gasteiger partial charge in [-0.2, -0.15) is 0 Å². The minimum atomic E-state index is -3.20. The summed E-state index contributed by atoms with van der Waals surface area (Å²) in [5.41, 5.74) is 2.52. The first-order chi connectivity index (χ1) is 13.7. The van der Waals surface area contributed by atoms with Crippen molar-refractivity contribution in [3.63, 3.8) is 0 Å². The minimum Gasteiger partial charge on any atom is -0.481 e. The van der Waals surface area contributed by atoms with Crippen molar-refractivity contribution in [3.8, 4) is 5.75 Å². The summed E-state index contributed by atoms with van der Waals surface area (Å²) in [6, 6.07) is 11.3. The van der Waals surface area contributed by atoms with Gasteiger partial charge in [0.05, 0.1) is 11.5 Å². The summed E-state index contributed by atoms with van der Waals surface area (Å²) in [5.74, 6) is -0.282. The summed E-state index contributed by atoms with van der Waals surface area (Å²) < 4.78 is 44.0. The molecule has 0 spiro atoms. The van der Waals surface area contributed by atoms with E-state index in [1.165, 1.54) is 11.0 Å². The van der Waals surface area contributed by atoms with Crippen LogP contribution in [0.15, 0.2) is 42.5 Å². The molecule has 5 nitrogen and oxygen atoms in total. The number of benzene rings is 2. The van der Waals surface area contributed by atoms with Crippen molar-refractivity contribution in [2.24, 2.45) is 0 Å². The van der Waals surface area contributed by atoms with E-state index in [-0.39, 0.29) is 24.0 Å². The Bertz CT molecular complexity index is 1010. The van der Waals surface area contributed by atoms with E-state index in [0.29, 0.717) is 17.7 Å². The predicted octanol–water partition coefficient (Wildman–Crippen LogP) is 3.43. The first-order valence-electron chi connectivity index (χ1n) is 9.64. The molecule has 1 saturated heterocycles. The van der Waals surface area contributed by atoms with Crippen molar-refractivity contribution in [2.75, 3.05) is 11.5 Å². The second-order valence-electron chi connectivity index (χ2n) is 7.62. The molecule has 3 rings (SSSR count). The molecule has 1 heterocycles. The fourth-order valence-electron chi connectivity index (χ4n) is 3.49. The molecule has 0 saturated carbocycles. The maximum absolute atomic E-state index is 14.2. The van der Waals surface area contributed by atoms with Crippen molar-refractivity contribution in [2.45, 2.75) is 45.9 Å². The molecule has 0 aromatic heterocycles. The van der Waals surface area contributed by atoms with Crippen LogP contribution in [0.25, 0.3) is 0 Å². The number of sulfone groups is 1. The fraction of sp³-hybridized carbons (Fsp3) is 0.409. The van der Waals surface area contributed by atoms with Gasteiger partial charge in [0.1, 0.15) is 11.6 Å². The average Bonchev–Trinajstić information content (AvgIpc) is 3.03. The van der Waals surface area contributed by atoms with E-state index in [1.54, 1.807) is 31.2 Å². The standard InChI is InChI=1S/C22H26FNO4S/c1-15-8-9-20(12-16(15)2)28-17(3)22(25)24(19-10-11-29(26,27)14-19)13-18-6-4-5-7-21(18)23/h4-9,12,17,19H,10-11,13-14H2,1-3H3/t17-,19+/m0/s1. The van der Waals surface area contributed by atoms with E-state index in [4.69, 9.17) is 4.74 Å². The number of hydrogen-bond donors (Lipinski definition) is 0. The lowest BCUT2D eigenvalue weighted by atomic mass is 10.1. The lowest BCUT2D eigenvalue weighted by molar-refractivity contribution is -0.140. The van der Waals surface area contributed by atoms with Crippen LogP contribution in [0.5, 0.6) is 5.75 Å². The van der Waals surface area contributed by atoms with Gasteiger partial charge in [-0.1, -0.05) is 24.3 Å². The lowest BCUT2D eigenvalue weighted by Crippen LogP contribution is -2.46. The highest BCUT2D eigenvalue weighted by atomic mass is 32.2. The number of carbonyl (C=O) groups excluding carboxylic acids is 1. The van der Waals surface area contributed by atoms with E-state index in [1.807, 2.05) is 26.0 Å². The molecule has 1 aliphatic heterocycles. The number of ether oxygens (including phenoxy) is 1. The molecule has 0 radical (unpaired) electrons. The smallest absolute Gasteiger partial charge is 0.263 e. The van der Waals surface area contributed by atoms with Crippen LogP contribution in [0.1, 0.15) is 30.0 Å². The first-order valence-corrected chi connectivity index (χ1v) is 11.5. The van der Waals surface area contributed by atoms with E-state index in [0.717, 1.165) is 11.1 Å². The van der Waals surface area contributed by atoms with Gasteiger partial charge in [-0.15, -0.1) is 0 Å². The van der Waals surface area contributed by atoms with Gasteiger partial charge in [0.25, 0.3) is 5.91 Å². The molecule has 1 amide bonds. The Morgan fingerprint density at radius 1 is 1.21 bits per heavy atom. The number of carbonyl (C=O) groups is 1. The highest BCUT2D eigenvalue weighted by molar-refractivity contribution is 7.91. The monoisotopic (exact) mass is 419 g/mol.